The summed E-state index contributed by atoms with van der Waals surface area (Å²) >= 11 is 3.66. The van der Waals surface area contributed by atoms with Crippen molar-refractivity contribution in [2.24, 2.45) is 7.05 Å². The third kappa shape index (κ3) is 2.97. The van der Waals surface area contributed by atoms with Crippen LogP contribution in [-0.4, -0.2) is 14.1 Å². The summed E-state index contributed by atoms with van der Waals surface area (Å²) in [6.07, 6.45) is 1.62. The Bertz CT molecular complexity index is 961. The monoisotopic (exact) mass is 390 g/mol. The van der Waals surface area contributed by atoms with Gasteiger partial charge in [0.25, 0.3) is 5.56 Å². The molecule has 0 saturated heterocycles. The summed E-state index contributed by atoms with van der Waals surface area (Å²) in [5.41, 5.74) is 2.09. The van der Waals surface area contributed by atoms with Gasteiger partial charge in [0, 0.05) is 59.5 Å². The predicted octanol–water partition coefficient (Wildman–Crippen LogP) is 2.10. The lowest BCUT2D eigenvalue weighted by Gasteiger charge is -2.08. The molecule has 0 radical (unpaired) electrons. The van der Waals surface area contributed by atoms with Gasteiger partial charge in [-0.2, -0.15) is 0 Å². The molecule has 0 bridgehead atoms. The van der Waals surface area contributed by atoms with Gasteiger partial charge in [0.1, 0.15) is 0 Å². The number of rotatable bonds is 5. The molecular weight excluding hydrogens is 372 g/mol. The molecule has 3 rings (SSSR count). The number of fused-ring (bicyclic) bond motifs is 1. The van der Waals surface area contributed by atoms with E-state index in [1.807, 2.05) is 26.1 Å². The highest BCUT2D eigenvalue weighted by molar-refractivity contribution is 9.10. The van der Waals surface area contributed by atoms with Gasteiger partial charge in [0.05, 0.1) is 0 Å². The first-order chi connectivity index (χ1) is 11.5. The lowest BCUT2D eigenvalue weighted by molar-refractivity contribution is 0.628. The van der Waals surface area contributed by atoms with E-state index in [9.17, 15) is 9.59 Å². The zero-order valence-electron chi connectivity index (χ0n) is 13.6. The van der Waals surface area contributed by atoms with Gasteiger partial charge in [-0.05, 0) is 28.9 Å². The lowest BCUT2D eigenvalue weighted by Crippen LogP contribution is -2.33. The van der Waals surface area contributed by atoms with Gasteiger partial charge in [-0.15, -0.1) is 0 Å². The van der Waals surface area contributed by atoms with Crippen LogP contribution in [-0.2, 0) is 26.7 Å². The molecule has 0 aliphatic rings. The van der Waals surface area contributed by atoms with Crippen LogP contribution in [0.3, 0.4) is 0 Å². The topological polar surface area (TPSA) is 71.8 Å². The summed E-state index contributed by atoms with van der Waals surface area (Å²) < 4.78 is 4.68. The minimum Gasteiger partial charge on any atom is -0.345 e. The number of H-pyrrole nitrogens is 1. The van der Waals surface area contributed by atoms with Gasteiger partial charge >= 0.3 is 5.69 Å². The molecule has 0 amide bonds. The van der Waals surface area contributed by atoms with Gasteiger partial charge in [-0.3, -0.25) is 9.78 Å². The number of para-hydroxylation sites is 1. The van der Waals surface area contributed by atoms with Crippen molar-refractivity contribution in [2.75, 3.05) is 0 Å². The van der Waals surface area contributed by atoms with E-state index < -0.39 is 0 Å². The highest BCUT2D eigenvalue weighted by Crippen LogP contribution is 2.29. The fourth-order valence-corrected chi connectivity index (χ4v) is 3.57. The quantitative estimate of drug-likeness (QED) is 0.700. The van der Waals surface area contributed by atoms with Crippen LogP contribution in [0.1, 0.15) is 18.2 Å². The number of aromatic nitrogens is 3. The van der Waals surface area contributed by atoms with E-state index in [1.165, 1.54) is 4.57 Å². The number of nitrogens with one attached hydrogen (secondary N) is 2. The Balaban J connectivity index is 1.81. The molecule has 0 aliphatic carbocycles. The van der Waals surface area contributed by atoms with E-state index in [2.05, 4.69) is 42.9 Å². The first kappa shape index (κ1) is 16.7. The van der Waals surface area contributed by atoms with Crippen LogP contribution in [0.15, 0.2) is 44.5 Å². The van der Waals surface area contributed by atoms with E-state index in [0.29, 0.717) is 25.2 Å². The Morgan fingerprint density at radius 2 is 1.96 bits per heavy atom. The molecule has 0 atom stereocenters. The molecule has 0 aliphatic heterocycles. The van der Waals surface area contributed by atoms with E-state index in [4.69, 9.17) is 0 Å². The number of halogens is 1. The zero-order chi connectivity index (χ0) is 17.3. The Hall–Kier alpha value is -2.12. The summed E-state index contributed by atoms with van der Waals surface area (Å²) in [5, 5.41) is 4.45. The van der Waals surface area contributed by atoms with Crippen LogP contribution in [0.4, 0.5) is 0 Å². The zero-order valence-corrected chi connectivity index (χ0v) is 15.2. The number of nitrogens with zero attached hydrogens (tertiary/aromatic N) is 2. The third-order valence-electron chi connectivity index (χ3n) is 4.19. The fourth-order valence-electron chi connectivity index (χ4n) is 2.83. The van der Waals surface area contributed by atoms with Gasteiger partial charge in [0.2, 0.25) is 0 Å². The van der Waals surface area contributed by atoms with Crippen molar-refractivity contribution in [2.45, 2.75) is 26.6 Å². The molecule has 2 N–H and O–H groups in total. The van der Waals surface area contributed by atoms with Crippen LogP contribution < -0.4 is 16.6 Å². The average molecular weight is 391 g/mol. The highest BCUT2D eigenvalue weighted by Gasteiger charge is 2.12. The van der Waals surface area contributed by atoms with Gasteiger partial charge < -0.3 is 14.5 Å². The number of aryl methyl sites for hydroxylation is 2. The maximum atomic E-state index is 11.9. The predicted molar refractivity (Wildman–Crippen MR) is 98.2 cm³/mol. The van der Waals surface area contributed by atoms with Gasteiger partial charge in [0.15, 0.2) is 0 Å². The molecule has 7 heteroatoms. The maximum absolute atomic E-state index is 11.9. The van der Waals surface area contributed by atoms with E-state index in [0.717, 1.165) is 21.1 Å². The molecule has 0 fully saturated rings. The lowest BCUT2D eigenvalue weighted by atomic mass is 10.2. The second-order valence-corrected chi connectivity index (χ2v) is 6.43. The van der Waals surface area contributed by atoms with Crippen LogP contribution in [0.5, 0.6) is 0 Å². The summed E-state index contributed by atoms with van der Waals surface area (Å²) in [6, 6.07) is 8.17. The smallest absolute Gasteiger partial charge is 0.328 e. The first-order valence-corrected chi connectivity index (χ1v) is 8.57. The second kappa shape index (κ2) is 6.78. The van der Waals surface area contributed by atoms with Crippen LogP contribution in [0.25, 0.3) is 10.9 Å². The SMILES string of the molecule is CCn1cc(CNCc2c(Br)c3ccccc3n2C)c(=O)[nH]c1=O. The van der Waals surface area contributed by atoms with Crippen molar-refractivity contribution in [1.82, 2.24) is 19.4 Å². The van der Waals surface area contributed by atoms with E-state index in [-0.39, 0.29) is 11.2 Å². The third-order valence-corrected chi connectivity index (χ3v) is 5.08. The molecule has 2 aromatic heterocycles. The second-order valence-electron chi connectivity index (χ2n) is 5.64. The molecular formula is C17H19BrN4O2. The van der Waals surface area contributed by atoms with Gasteiger partial charge in [-0.1, -0.05) is 18.2 Å². The standard InChI is InChI=1S/C17H19BrN4O2/c1-3-22-10-11(16(23)20-17(22)24)8-19-9-14-15(18)12-6-4-5-7-13(12)21(14)2/h4-7,10,19H,3,8-9H2,1-2H3,(H,20,23,24). The molecule has 0 unspecified atom stereocenters. The van der Waals surface area contributed by atoms with Crippen molar-refractivity contribution in [3.05, 3.63) is 67.0 Å². The number of aromatic amines is 1. The average Bonchev–Trinajstić information content (AvgIpc) is 2.82. The van der Waals surface area contributed by atoms with Crippen molar-refractivity contribution in [1.29, 1.82) is 0 Å². The number of benzene rings is 1. The van der Waals surface area contributed by atoms with Crippen LogP contribution in [0.2, 0.25) is 0 Å². The summed E-state index contributed by atoms with van der Waals surface area (Å²) in [4.78, 5) is 25.8. The molecule has 1 aromatic carbocycles. The highest BCUT2D eigenvalue weighted by atomic mass is 79.9. The number of hydrogen-bond donors (Lipinski definition) is 2. The maximum Gasteiger partial charge on any atom is 0.328 e. The minimum atomic E-state index is -0.373. The summed E-state index contributed by atoms with van der Waals surface area (Å²) in [5.74, 6) is 0. The Labute approximate surface area is 147 Å². The van der Waals surface area contributed by atoms with E-state index >= 15 is 0 Å². The first-order valence-electron chi connectivity index (χ1n) is 7.78. The van der Waals surface area contributed by atoms with Crippen molar-refractivity contribution in [3.63, 3.8) is 0 Å². The van der Waals surface area contributed by atoms with Crippen LogP contribution in [0, 0.1) is 0 Å². The van der Waals surface area contributed by atoms with E-state index in [1.54, 1.807) is 6.20 Å². The van der Waals surface area contributed by atoms with Gasteiger partial charge in [-0.25, -0.2) is 4.79 Å². The van der Waals surface area contributed by atoms with Crippen molar-refractivity contribution >= 4 is 26.8 Å². The molecule has 3 aromatic rings. The summed E-state index contributed by atoms with van der Waals surface area (Å²) in [7, 11) is 2.02. The number of hydrogen-bond acceptors (Lipinski definition) is 3. The largest absolute Gasteiger partial charge is 0.345 e. The van der Waals surface area contributed by atoms with Crippen molar-refractivity contribution in [3.8, 4) is 0 Å². The Morgan fingerprint density at radius 1 is 1.21 bits per heavy atom. The molecule has 0 saturated carbocycles. The minimum absolute atomic E-state index is 0.340. The molecule has 0 spiro atoms. The Morgan fingerprint density at radius 3 is 2.67 bits per heavy atom. The molecule has 2 heterocycles. The fraction of sp³-hybridized carbons (Fsp3) is 0.294. The summed E-state index contributed by atoms with van der Waals surface area (Å²) in [6.45, 7) is 3.39. The molecule has 6 nitrogen and oxygen atoms in total. The molecule has 24 heavy (non-hydrogen) atoms. The van der Waals surface area contributed by atoms with Crippen molar-refractivity contribution < 1.29 is 0 Å². The van der Waals surface area contributed by atoms with Crippen LogP contribution >= 0.6 is 15.9 Å². The Kier molecular flexibility index (Phi) is 4.73. The molecule has 126 valence electrons. The normalized spacial score (nSPS) is 11.3.